The zero-order valence-corrected chi connectivity index (χ0v) is 13.3. The average molecular weight is 314 g/mol. The van der Waals surface area contributed by atoms with Gasteiger partial charge in [0.05, 0.1) is 0 Å². The number of benzene rings is 3. The molecule has 2 nitrogen and oxygen atoms in total. The summed E-state index contributed by atoms with van der Waals surface area (Å²) in [6, 6.07) is 27.1. The molecule has 0 fully saturated rings. The van der Waals surface area contributed by atoms with Crippen molar-refractivity contribution in [3.63, 3.8) is 0 Å². The minimum Gasteiger partial charge on any atom is -0.485 e. The summed E-state index contributed by atoms with van der Waals surface area (Å²) in [4.78, 5) is 0. The second-order valence-electron chi connectivity index (χ2n) is 6.50. The number of hydrogen-bond donors (Lipinski definition) is 0. The average Bonchev–Trinajstić information content (AvgIpc) is 2.66. The van der Waals surface area contributed by atoms with Crippen molar-refractivity contribution in [3.8, 4) is 11.5 Å². The van der Waals surface area contributed by atoms with Crippen LogP contribution < -0.4 is 9.47 Å². The number of ether oxygens (including phenoxy) is 2. The molecule has 2 aliphatic heterocycles. The molecule has 24 heavy (non-hydrogen) atoms. The van der Waals surface area contributed by atoms with Gasteiger partial charge in [0.1, 0.15) is 23.7 Å². The Hall–Kier alpha value is -2.74. The first kappa shape index (κ1) is 13.7. The lowest BCUT2D eigenvalue weighted by Gasteiger charge is -2.42. The fourth-order valence-corrected chi connectivity index (χ4v) is 3.94. The molecule has 2 heteroatoms. The zero-order chi connectivity index (χ0) is 15.9. The Morgan fingerprint density at radius 3 is 2.17 bits per heavy atom. The molecule has 3 aromatic rings. The fraction of sp³-hybridized carbons (Fsp3) is 0.182. The van der Waals surface area contributed by atoms with Crippen molar-refractivity contribution in [2.24, 2.45) is 5.92 Å². The van der Waals surface area contributed by atoms with E-state index in [0.29, 0.717) is 0 Å². The molecule has 3 aromatic carbocycles. The van der Waals surface area contributed by atoms with Gasteiger partial charge in [0.15, 0.2) is 0 Å². The summed E-state index contributed by atoms with van der Waals surface area (Å²) in [5, 5.41) is 0. The quantitative estimate of drug-likeness (QED) is 0.621. The van der Waals surface area contributed by atoms with Crippen LogP contribution in [0.4, 0.5) is 0 Å². The Morgan fingerprint density at radius 1 is 0.625 bits per heavy atom. The predicted molar refractivity (Wildman–Crippen MR) is 93.3 cm³/mol. The van der Waals surface area contributed by atoms with Crippen molar-refractivity contribution in [3.05, 3.63) is 95.6 Å². The van der Waals surface area contributed by atoms with Crippen LogP contribution >= 0.6 is 0 Å². The summed E-state index contributed by atoms with van der Waals surface area (Å²) in [6.07, 6.45) is 1.02. The third kappa shape index (κ3) is 2.10. The number of para-hydroxylation sites is 2. The van der Waals surface area contributed by atoms with Gasteiger partial charge in [0, 0.05) is 11.5 Å². The van der Waals surface area contributed by atoms with E-state index in [1.807, 2.05) is 24.3 Å². The van der Waals surface area contributed by atoms with Crippen LogP contribution in [0.25, 0.3) is 0 Å². The van der Waals surface area contributed by atoms with E-state index in [2.05, 4.69) is 54.6 Å². The summed E-state index contributed by atoms with van der Waals surface area (Å²) in [7, 11) is 0. The Labute approximate surface area is 141 Å². The van der Waals surface area contributed by atoms with Crippen molar-refractivity contribution < 1.29 is 9.47 Å². The van der Waals surface area contributed by atoms with E-state index < -0.39 is 0 Å². The molecule has 2 aliphatic rings. The van der Waals surface area contributed by atoms with Gasteiger partial charge < -0.3 is 9.47 Å². The van der Waals surface area contributed by atoms with Gasteiger partial charge in [-0.2, -0.15) is 0 Å². The molecule has 118 valence electrons. The van der Waals surface area contributed by atoms with Crippen LogP contribution in [0.1, 0.15) is 28.9 Å². The molecule has 0 spiro atoms. The topological polar surface area (TPSA) is 18.5 Å². The highest BCUT2D eigenvalue weighted by Gasteiger charge is 2.43. The third-order valence-corrected chi connectivity index (χ3v) is 5.07. The smallest absolute Gasteiger partial charge is 0.134 e. The first-order valence-corrected chi connectivity index (χ1v) is 8.45. The summed E-state index contributed by atoms with van der Waals surface area (Å²) in [5.41, 5.74) is 3.64. The number of fused-ring (bicyclic) bond motifs is 4. The molecule has 0 saturated heterocycles. The van der Waals surface area contributed by atoms with Crippen LogP contribution in [0.3, 0.4) is 0 Å². The molecule has 0 unspecified atom stereocenters. The van der Waals surface area contributed by atoms with E-state index >= 15 is 0 Å². The van der Waals surface area contributed by atoms with Crippen LogP contribution in [0.15, 0.2) is 78.9 Å². The van der Waals surface area contributed by atoms with Gasteiger partial charge in [-0.05, 0) is 29.7 Å². The van der Waals surface area contributed by atoms with Gasteiger partial charge in [-0.25, -0.2) is 0 Å². The molecular formula is C22H18O2. The summed E-state index contributed by atoms with van der Waals surface area (Å²) in [5.74, 6) is 2.21. The van der Waals surface area contributed by atoms with E-state index in [4.69, 9.17) is 9.47 Å². The number of hydrogen-bond acceptors (Lipinski definition) is 2. The number of rotatable bonds is 1. The van der Waals surface area contributed by atoms with Crippen LogP contribution in [-0.4, -0.2) is 0 Å². The molecule has 0 aliphatic carbocycles. The molecule has 0 bridgehead atoms. The molecule has 5 rings (SSSR count). The molecule has 0 N–H and O–H groups in total. The lowest BCUT2D eigenvalue weighted by molar-refractivity contribution is 0.000386. The Kier molecular flexibility index (Phi) is 3.08. The van der Waals surface area contributed by atoms with Gasteiger partial charge in [0.25, 0.3) is 0 Å². The van der Waals surface area contributed by atoms with Crippen molar-refractivity contribution in [1.29, 1.82) is 0 Å². The maximum atomic E-state index is 6.43. The Bertz CT molecular complexity index is 872. The minimum atomic E-state index is 0.0134. The first-order chi connectivity index (χ1) is 11.9. The summed E-state index contributed by atoms with van der Waals surface area (Å²) < 4.78 is 12.9. The van der Waals surface area contributed by atoms with E-state index in [0.717, 1.165) is 23.5 Å². The van der Waals surface area contributed by atoms with Crippen LogP contribution in [0.5, 0.6) is 11.5 Å². The van der Waals surface area contributed by atoms with Gasteiger partial charge >= 0.3 is 0 Å². The lowest BCUT2D eigenvalue weighted by Crippen LogP contribution is -2.36. The minimum absolute atomic E-state index is 0.0134. The van der Waals surface area contributed by atoms with Gasteiger partial charge in [-0.3, -0.25) is 0 Å². The van der Waals surface area contributed by atoms with E-state index in [9.17, 15) is 0 Å². The van der Waals surface area contributed by atoms with E-state index in [1.54, 1.807) is 0 Å². The highest BCUT2D eigenvalue weighted by molar-refractivity contribution is 5.44. The molecule has 0 saturated carbocycles. The maximum absolute atomic E-state index is 6.43. The second kappa shape index (κ2) is 5.41. The van der Waals surface area contributed by atoms with Crippen LogP contribution in [0, 0.1) is 5.92 Å². The molecule has 3 atom stereocenters. The first-order valence-electron chi connectivity index (χ1n) is 8.45. The highest BCUT2D eigenvalue weighted by Crippen LogP contribution is 2.51. The third-order valence-electron chi connectivity index (χ3n) is 5.07. The zero-order valence-electron chi connectivity index (χ0n) is 13.3. The normalized spacial score (nSPS) is 23.9. The molecule has 0 amide bonds. The largest absolute Gasteiger partial charge is 0.485 e. The monoisotopic (exact) mass is 314 g/mol. The van der Waals surface area contributed by atoms with Crippen LogP contribution in [0.2, 0.25) is 0 Å². The van der Waals surface area contributed by atoms with Crippen molar-refractivity contribution in [2.75, 3.05) is 0 Å². The van der Waals surface area contributed by atoms with Crippen molar-refractivity contribution in [2.45, 2.75) is 18.6 Å². The molecule has 2 heterocycles. The van der Waals surface area contributed by atoms with Crippen molar-refractivity contribution in [1.82, 2.24) is 0 Å². The SMILES string of the molecule is c1ccc([C@@H]2Oc3ccccc3[C@H]3Oc4ccccc4C[C@@H]32)cc1. The van der Waals surface area contributed by atoms with E-state index in [1.165, 1.54) is 11.1 Å². The molecule has 0 radical (unpaired) electrons. The molecule has 0 aromatic heterocycles. The molecular weight excluding hydrogens is 296 g/mol. The predicted octanol–water partition coefficient (Wildman–Crippen LogP) is 5.11. The highest BCUT2D eigenvalue weighted by atomic mass is 16.5. The Balaban J connectivity index is 1.65. The standard InChI is InChI=1S/C22H18O2/c1-2-8-15(9-3-1)21-18-14-16-10-4-6-12-19(16)23-22(18)17-11-5-7-13-20(17)24-21/h1-13,18,21-22H,14H2/t18-,21+,22-/m1/s1. The summed E-state index contributed by atoms with van der Waals surface area (Å²) >= 11 is 0. The Morgan fingerprint density at radius 2 is 1.29 bits per heavy atom. The lowest BCUT2D eigenvalue weighted by atomic mass is 9.79. The van der Waals surface area contributed by atoms with Crippen molar-refractivity contribution >= 4 is 0 Å². The fourth-order valence-electron chi connectivity index (χ4n) is 3.94. The van der Waals surface area contributed by atoms with Gasteiger partial charge in [0.2, 0.25) is 0 Å². The summed E-state index contributed by atoms with van der Waals surface area (Å²) in [6.45, 7) is 0. The van der Waals surface area contributed by atoms with Gasteiger partial charge in [-0.1, -0.05) is 66.7 Å². The maximum Gasteiger partial charge on any atom is 0.134 e. The van der Waals surface area contributed by atoms with Gasteiger partial charge in [-0.15, -0.1) is 0 Å². The van der Waals surface area contributed by atoms with E-state index in [-0.39, 0.29) is 18.1 Å². The second-order valence-corrected chi connectivity index (χ2v) is 6.50. The van der Waals surface area contributed by atoms with Crippen LogP contribution in [-0.2, 0) is 6.42 Å².